The monoisotopic (exact) mass is 276 g/mol. The van der Waals surface area contributed by atoms with Gasteiger partial charge in [-0.2, -0.15) is 0 Å². The maximum atomic E-state index is 9.67. The molecular weight excluding hydrogens is 248 g/mol. The van der Waals surface area contributed by atoms with E-state index in [1.54, 1.807) is 0 Å². The minimum atomic E-state index is -0.173. The van der Waals surface area contributed by atoms with Crippen molar-refractivity contribution in [3.8, 4) is 0 Å². The summed E-state index contributed by atoms with van der Waals surface area (Å²) in [6.45, 7) is 8.71. The topological polar surface area (TPSA) is 35.5 Å². The number of fused-ring (bicyclic) bond motifs is 1. The molecule has 1 heterocycles. The highest BCUT2D eigenvalue weighted by molar-refractivity contribution is 5.59. The molecule has 3 nitrogen and oxygen atoms in total. The van der Waals surface area contributed by atoms with E-state index in [4.69, 9.17) is 0 Å². The first-order chi connectivity index (χ1) is 9.59. The molecule has 0 saturated carbocycles. The second-order valence-electron chi connectivity index (χ2n) is 6.27. The van der Waals surface area contributed by atoms with Gasteiger partial charge in [0.2, 0.25) is 0 Å². The summed E-state index contributed by atoms with van der Waals surface area (Å²) in [5.74, 6) is 0. The summed E-state index contributed by atoms with van der Waals surface area (Å²) in [4.78, 5) is 2.48. The molecule has 0 fully saturated rings. The molecule has 0 spiro atoms. The van der Waals surface area contributed by atoms with Crippen molar-refractivity contribution in [2.45, 2.75) is 51.6 Å². The highest BCUT2D eigenvalue weighted by Crippen LogP contribution is 2.32. The number of aliphatic hydroxyl groups is 1. The predicted molar refractivity (Wildman–Crippen MR) is 85.4 cm³/mol. The van der Waals surface area contributed by atoms with Crippen molar-refractivity contribution in [3.63, 3.8) is 0 Å². The van der Waals surface area contributed by atoms with Gasteiger partial charge in [-0.1, -0.05) is 25.1 Å². The first kappa shape index (κ1) is 15.3. The van der Waals surface area contributed by atoms with Gasteiger partial charge >= 0.3 is 0 Å². The quantitative estimate of drug-likeness (QED) is 0.803. The largest absolute Gasteiger partial charge is 0.394 e. The van der Waals surface area contributed by atoms with E-state index >= 15 is 0 Å². The molecule has 20 heavy (non-hydrogen) atoms. The summed E-state index contributed by atoms with van der Waals surface area (Å²) in [5, 5.41) is 13.1. The van der Waals surface area contributed by atoms with Gasteiger partial charge in [-0.05, 0) is 51.3 Å². The summed E-state index contributed by atoms with van der Waals surface area (Å²) < 4.78 is 0. The van der Waals surface area contributed by atoms with Crippen LogP contribution in [0.4, 0.5) is 5.69 Å². The Morgan fingerprint density at radius 2 is 2.15 bits per heavy atom. The van der Waals surface area contributed by atoms with Crippen molar-refractivity contribution in [1.29, 1.82) is 0 Å². The number of para-hydroxylation sites is 1. The van der Waals surface area contributed by atoms with Gasteiger partial charge in [0.15, 0.2) is 0 Å². The molecule has 3 heteroatoms. The Hall–Kier alpha value is -1.06. The molecule has 2 atom stereocenters. The molecule has 2 N–H and O–H groups in total. The lowest BCUT2D eigenvalue weighted by Crippen LogP contribution is -2.48. The van der Waals surface area contributed by atoms with Crippen molar-refractivity contribution >= 4 is 5.69 Å². The second-order valence-corrected chi connectivity index (χ2v) is 6.27. The number of nitrogens with one attached hydrogen (secondary N) is 1. The fourth-order valence-corrected chi connectivity index (χ4v) is 2.99. The molecule has 0 radical (unpaired) electrons. The van der Waals surface area contributed by atoms with E-state index in [9.17, 15) is 5.11 Å². The van der Waals surface area contributed by atoms with Gasteiger partial charge < -0.3 is 15.3 Å². The van der Waals surface area contributed by atoms with Crippen LogP contribution < -0.4 is 10.2 Å². The number of rotatable bonds is 7. The van der Waals surface area contributed by atoms with Crippen molar-refractivity contribution in [3.05, 3.63) is 29.8 Å². The van der Waals surface area contributed by atoms with Crippen LogP contribution in [0.25, 0.3) is 0 Å². The number of nitrogens with zero attached hydrogens (tertiary/aromatic N) is 1. The van der Waals surface area contributed by atoms with Gasteiger partial charge in [0, 0.05) is 23.8 Å². The van der Waals surface area contributed by atoms with E-state index in [0.29, 0.717) is 6.04 Å². The molecule has 1 aromatic rings. The summed E-state index contributed by atoms with van der Waals surface area (Å²) in [5.41, 5.74) is 2.65. The fourth-order valence-electron chi connectivity index (χ4n) is 2.99. The Morgan fingerprint density at radius 3 is 2.85 bits per heavy atom. The van der Waals surface area contributed by atoms with Crippen LogP contribution in [0.5, 0.6) is 0 Å². The Bertz CT molecular complexity index is 435. The number of benzene rings is 1. The molecule has 1 aliphatic heterocycles. The first-order valence-corrected chi connectivity index (χ1v) is 7.80. The number of aliphatic hydroxyl groups excluding tert-OH is 1. The maximum absolute atomic E-state index is 9.67. The zero-order valence-corrected chi connectivity index (χ0v) is 13.0. The van der Waals surface area contributed by atoms with Crippen LogP contribution in [-0.2, 0) is 6.42 Å². The normalized spacial score (nSPS) is 20.8. The zero-order valence-electron chi connectivity index (χ0n) is 13.0. The summed E-state index contributed by atoms with van der Waals surface area (Å²) >= 11 is 0. The van der Waals surface area contributed by atoms with Crippen LogP contribution >= 0.6 is 0 Å². The molecule has 0 bridgehead atoms. The van der Waals surface area contributed by atoms with Crippen LogP contribution in [0.1, 0.15) is 39.2 Å². The van der Waals surface area contributed by atoms with Gasteiger partial charge in [-0.15, -0.1) is 0 Å². The molecule has 0 aliphatic carbocycles. The van der Waals surface area contributed by atoms with E-state index in [1.165, 1.54) is 11.3 Å². The van der Waals surface area contributed by atoms with E-state index in [2.05, 4.69) is 55.3 Å². The zero-order chi connectivity index (χ0) is 14.6. The van der Waals surface area contributed by atoms with Crippen LogP contribution in [0.2, 0.25) is 0 Å². The van der Waals surface area contributed by atoms with Crippen molar-refractivity contribution in [2.24, 2.45) is 0 Å². The van der Waals surface area contributed by atoms with Crippen molar-refractivity contribution in [1.82, 2.24) is 5.32 Å². The Balaban J connectivity index is 1.99. The number of anilines is 1. The summed E-state index contributed by atoms with van der Waals surface area (Å²) in [7, 11) is 0. The lowest BCUT2D eigenvalue weighted by Gasteiger charge is -2.33. The van der Waals surface area contributed by atoms with Crippen LogP contribution in [0.15, 0.2) is 24.3 Å². The van der Waals surface area contributed by atoms with Crippen LogP contribution in [0, 0.1) is 0 Å². The van der Waals surface area contributed by atoms with Crippen molar-refractivity contribution < 1.29 is 5.11 Å². The lowest BCUT2D eigenvalue weighted by molar-refractivity contribution is 0.167. The number of hydrogen-bond acceptors (Lipinski definition) is 3. The minimum Gasteiger partial charge on any atom is -0.394 e. The fraction of sp³-hybridized carbons (Fsp3) is 0.647. The van der Waals surface area contributed by atoms with Gasteiger partial charge in [0.1, 0.15) is 0 Å². The molecule has 2 rings (SSSR count). The van der Waals surface area contributed by atoms with E-state index in [-0.39, 0.29) is 12.1 Å². The third-order valence-electron chi connectivity index (χ3n) is 4.40. The third kappa shape index (κ3) is 3.33. The standard InChI is InChI=1S/C17H28N2O/c1-4-10-18-17(3,13-20)9-11-19-14(2)12-15-7-5-6-8-16(15)19/h5-8,14,18,20H,4,9-13H2,1-3H3. The molecule has 0 saturated heterocycles. The molecule has 1 aromatic carbocycles. The average molecular weight is 276 g/mol. The third-order valence-corrected chi connectivity index (χ3v) is 4.40. The Morgan fingerprint density at radius 1 is 1.40 bits per heavy atom. The first-order valence-electron chi connectivity index (χ1n) is 7.80. The van der Waals surface area contributed by atoms with Gasteiger partial charge in [0.05, 0.1) is 6.61 Å². The Labute approximate surface area is 123 Å². The smallest absolute Gasteiger partial charge is 0.0611 e. The second kappa shape index (κ2) is 6.59. The lowest BCUT2D eigenvalue weighted by atomic mass is 9.98. The van der Waals surface area contributed by atoms with Gasteiger partial charge in [-0.3, -0.25) is 0 Å². The predicted octanol–water partition coefficient (Wildman–Crippen LogP) is 2.58. The van der Waals surface area contributed by atoms with Crippen LogP contribution in [0.3, 0.4) is 0 Å². The SMILES string of the molecule is CCCNC(C)(CO)CCN1c2ccccc2CC1C. The van der Waals surface area contributed by atoms with E-state index < -0.39 is 0 Å². The average Bonchev–Trinajstić information content (AvgIpc) is 2.78. The Kier molecular flexibility index (Phi) is 5.06. The minimum absolute atomic E-state index is 0.173. The van der Waals surface area contributed by atoms with Gasteiger partial charge in [0.25, 0.3) is 0 Å². The van der Waals surface area contributed by atoms with Gasteiger partial charge in [-0.25, -0.2) is 0 Å². The molecule has 1 aliphatic rings. The molecular formula is C17H28N2O. The molecule has 0 aromatic heterocycles. The van der Waals surface area contributed by atoms with Crippen molar-refractivity contribution in [2.75, 3.05) is 24.6 Å². The van der Waals surface area contributed by atoms with E-state index in [0.717, 1.165) is 32.4 Å². The molecule has 112 valence electrons. The molecule has 2 unspecified atom stereocenters. The molecule has 0 amide bonds. The highest BCUT2D eigenvalue weighted by atomic mass is 16.3. The summed E-state index contributed by atoms with van der Waals surface area (Å²) in [6, 6.07) is 9.24. The van der Waals surface area contributed by atoms with E-state index in [1.807, 2.05) is 0 Å². The highest BCUT2D eigenvalue weighted by Gasteiger charge is 2.29. The maximum Gasteiger partial charge on any atom is 0.0611 e. The number of hydrogen-bond donors (Lipinski definition) is 2. The van der Waals surface area contributed by atoms with Crippen LogP contribution in [-0.4, -0.2) is 36.4 Å². The summed E-state index contributed by atoms with van der Waals surface area (Å²) in [6.07, 6.45) is 3.19.